The van der Waals surface area contributed by atoms with Gasteiger partial charge in [-0.2, -0.15) is 26.7 Å². The van der Waals surface area contributed by atoms with E-state index in [1.165, 1.54) is 0 Å². The number of anilines is 2. The zero-order chi connectivity index (χ0) is 13.8. The fraction of sp³-hybridized carbons (Fsp3) is 0.750. The van der Waals surface area contributed by atoms with Gasteiger partial charge in [0.15, 0.2) is 0 Å². The minimum absolute atomic E-state index is 0.0231. The van der Waals surface area contributed by atoms with Crippen molar-refractivity contribution in [3.63, 3.8) is 0 Å². The molecule has 0 aromatic carbocycles. The molecule has 1 aliphatic rings. The third-order valence-corrected chi connectivity index (χ3v) is 4.21. The smallest absolute Gasteiger partial charge is 0.323 e. The lowest BCUT2D eigenvalue weighted by atomic mass is 10.3. The normalized spacial score (nSPS) is 19.8. The van der Waals surface area contributed by atoms with Gasteiger partial charge in [-0.3, -0.25) is 0 Å². The summed E-state index contributed by atoms with van der Waals surface area (Å²) in [5.74, 6) is 1.93. The van der Waals surface area contributed by atoms with Gasteiger partial charge in [0.25, 0.3) is 0 Å². The lowest BCUT2D eigenvalue weighted by Crippen LogP contribution is -2.38. The van der Waals surface area contributed by atoms with Gasteiger partial charge in [0.2, 0.25) is 11.9 Å². The molecule has 1 aromatic rings. The lowest BCUT2D eigenvalue weighted by Gasteiger charge is -2.31. The van der Waals surface area contributed by atoms with E-state index in [9.17, 15) is 0 Å². The van der Waals surface area contributed by atoms with Gasteiger partial charge in [-0.25, -0.2) is 0 Å². The molecule has 7 heteroatoms. The first-order chi connectivity index (χ1) is 9.08. The summed E-state index contributed by atoms with van der Waals surface area (Å²) in [5.41, 5.74) is 5.73. The zero-order valence-electron chi connectivity index (χ0n) is 11.7. The van der Waals surface area contributed by atoms with Crippen LogP contribution in [0, 0.1) is 0 Å². The SMILES string of the molecule is CCC1CN(c2nc(N)nc(OC(C)C)n2)CCS1. The summed E-state index contributed by atoms with van der Waals surface area (Å²) in [6.45, 7) is 7.96. The number of nitrogens with two attached hydrogens (primary N) is 1. The van der Waals surface area contributed by atoms with E-state index >= 15 is 0 Å². The van der Waals surface area contributed by atoms with Crippen LogP contribution in [-0.4, -0.2) is 45.1 Å². The van der Waals surface area contributed by atoms with Gasteiger partial charge in [-0.05, 0) is 20.3 Å². The molecule has 1 fully saturated rings. The summed E-state index contributed by atoms with van der Waals surface area (Å²) in [6, 6.07) is 0.309. The number of aromatic nitrogens is 3. The fourth-order valence-corrected chi connectivity index (χ4v) is 3.09. The van der Waals surface area contributed by atoms with Crippen molar-refractivity contribution in [1.82, 2.24) is 15.0 Å². The molecule has 1 aliphatic heterocycles. The van der Waals surface area contributed by atoms with Crippen molar-refractivity contribution >= 4 is 23.7 Å². The number of hydrogen-bond donors (Lipinski definition) is 1. The molecular weight excluding hydrogens is 262 g/mol. The molecule has 0 aliphatic carbocycles. The minimum Gasteiger partial charge on any atom is -0.461 e. The van der Waals surface area contributed by atoms with E-state index in [-0.39, 0.29) is 12.1 Å². The van der Waals surface area contributed by atoms with E-state index in [0.29, 0.717) is 17.2 Å². The third kappa shape index (κ3) is 3.86. The Balaban J connectivity index is 2.16. The molecule has 0 spiro atoms. The van der Waals surface area contributed by atoms with Crippen LogP contribution in [0.1, 0.15) is 27.2 Å². The van der Waals surface area contributed by atoms with Crippen molar-refractivity contribution in [2.75, 3.05) is 29.5 Å². The predicted octanol–water partition coefficient (Wildman–Crippen LogP) is 1.57. The first kappa shape index (κ1) is 14.2. The van der Waals surface area contributed by atoms with E-state index in [2.05, 4.69) is 26.8 Å². The summed E-state index contributed by atoms with van der Waals surface area (Å²) in [5, 5.41) is 0.626. The predicted molar refractivity (Wildman–Crippen MR) is 78.8 cm³/mol. The Kier molecular flexibility index (Phi) is 4.68. The molecule has 0 amide bonds. The topological polar surface area (TPSA) is 77.2 Å². The van der Waals surface area contributed by atoms with Crippen molar-refractivity contribution in [3.8, 4) is 6.01 Å². The maximum atomic E-state index is 5.73. The van der Waals surface area contributed by atoms with Gasteiger partial charge in [0, 0.05) is 24.1 Å². The standard InChI is InChI=1S/C12H21N5OS/c1-4-9-7-17(5-6-19-9)11-14-10(13)15-12(16-11)18-8(2)3/h8-9H,4-7H2,1-3H3,(H2,13,14,15,16). The van der Waals surface area contributed by atoms with Crippen LogP contribution in [-0.2, 0) is 0 Å². The van der Waals surface area contributed by atoms with Crippen molar-refractivity contribution in [2.45, 2.75) is 38.5 Å². The molecule has 2 rings (SSSR count). The van der Waals surface area contributed by atoms with Crippen LogP contribution in [0.2, 0.25) is 0 Å². The van der Waals surface area contributed by atoms with Gasteiger partial charge < -0.3 is 15.4 Å². The maximum absolute atomic E-state index is 5.73. The monoisotopic (exact) mass is 283 g/mol. The summed E-state index contributed by atoms with van der Waals surface area (Å²) < 4.78 is 5.51. The molecular formula is C12H21N5OS. The number of rotatable bonds is 4. The summed E-state index contributed by atoms with van der Waals surface area (Å²) in [4.78, 5) is 14.8. The van der Waals surface area contributed by atoms with Gasteiger partial charge in [-0.1, -0.05) is 6.92 Å². The zero-order valence-corrected chi connectivity index (χ0v) is 12.5. The average molecular weight is 283 g/mol. The molecule has 106 valence electrons. The molecule has 1 atom stereocenters. The second-order valence-corrected chi connectivity index (χ2v) is 6.20. The fourth-order valence-electron chi connectivity index (χ4n) is 1.91. The van der Waals surface area contributed by atoms with Crippen LogP contribution in [0.4, 0.5) is 11.9 Å². The molecule has 2 N–H and O–H groups in total. The first-order valence-electron chi connectivity index (χ1n) is 6.63. The molecule has 19 heavy (non-hydrogen) atoms. The summed E-state index contributed by atoms with van der Waals surface area (Å²) in [6.07, 6.45) is 1.17. The van der Waals surface area contributed by atoms with Crippen LogP contribution in [0.15, 0.2) is 0 Å². The lowest BCUT2D eigenvalue weighted by molar-refractivity contribution is 0.222. The van der Waals surface area contributed by atoms with E-state index in [1.807, 2.05) is 25.6 Å². The molecule has 0 saturated carbocycles. The molecule has 1 unspecified atom stereocenters. The number of hydrogen-bond acceptors (Lipinski definition) is 7. The van der Waals surface area contributed by atoms with Gasteiger partial charge in [0.1, 0.15) is 0 Å². The number of thioether (sulfide) groups is 1. The number of nitrogen functional groups attached to an aromatic ring is 1. The van der Waals surface area contributed by atoms with E-state index in [0.717, 1.165) is 25.3 Å². The van der Waals surface area contributed by atoms with Crippen molar-refractivity contribution in [3.05, 3.63) is 0 Å². The first-order valence-corrected chi connectivity index (χ1v) is 7.68. The largest absolute Gasteiger partial charge is 0.461 e. The van der Waals surface area contributed by atoms with Crippen LogP contribution >= 0.6 is 11.8 Å². The van der Waals surface area contributed by atoms with Crippen molar-refractivity contribution in [2.24, 2.45) is 0 Å². The Hall–Kier alpha value is -1.24. The highest BCUT2D eigenvalue weighted by Crippen LogP contribution is 2.24. The van der Waals surface area contributed by atoms with Crippen molar-refractivity contribution in [1.29, 1.82) is 0 Å². The quantitative estimate of drug-likeness (QED) is 0.898. The maximum Gasteiger partial charge on any atom is 0.323 e. The van der Waals surface area contributed by atoms with Crippen LogP contribution in [0.5, 0.6) is 6.01 Å². The number of ether oxygens (including phenoxy) is 1. The molecule has 1 aromatic heterocycles. The highest BCUT2D eigenvalue weighted by Gasteiger charge is 2.22. The van der Waals surface area contributed by atoms with Crippen LogP contribution in [0.3, 0.4) is 0 Å². The molecule has 0 bridgehead atoms. The Labute approximate surface area is 118 Å². The Morgan fingerprint density at radius 3 is 2.89 bits per heavy atom. The van der Waals surface area contributed by atoms with Gasteiger partial charge in [0.05, 0.1) is 6.10 Å². The third-order valence-electron chi connectivity index (χ3n) is 2.84. The van der Waals surface area contributed by atoms with E-state index in [1.54, 1.807) is 0 Å². The molecule has 6 nitrogen and oxygen atoms in total. The second-order valence-electron chi connectivity index (χ2n) is 4.79. The minimum atomic E-state index is 0.0231. The average Bonchev–Trinajstić information content (AvgIpc) is 2.37. The van der Waals surface area contributed by atoms with E-state index < -0.39 is 0 Å². The number of nitrogens with zero attached hydrogens (tertiary/aromatic N) is 4. The molecule has 2 heterocycles. The van der Waals surface area contributed by atoms with E-state index in [4.69, 9.17) is 10.5 Å². The van der Waals surface area contributed by atoms with Crippen LogP contribution in [0.25, 0.3) is 0 Å². The summed E-state index contributed by atoms with van der Waals surface area (Å²) in [7, 11) is 0. The van der Waals surface area contributed by atoms with Gasteiger partial charge >= 0.3 is 6.01 Å². The van der Waals surface area contributed by atoms with Crippen molar-refractivity contribution < 1.29 is 4.74 Å². The van der Waals surface area contributed by atoms with Gasteiger partial charge in [-0.15, -0.1) is 0 Å². The Morgan fingerprint density at radius 2 is 2.21 bits per heavy atom. The summed E-state index contributed by atoms with van der Waals surface area (Å²) >= 11 is 2.01. The molecule has 0 radical (unpaired) electrons. The Morgan fingerprint density at radius 1 is 1.42 bits per heavy atom. The molecule has 1 saturated heterocycles. The Bertz CT molecular complexity index is 429. The highest BCUT2D eigenvalue weighted by molar-refractivity contribution is 8.00. The second kappa shape index (κ2) is 6.27. The van der Waals surface area contributed by atoms with Crippen LogP contribution < -0.4 is 15.4 Å². The highest BCUT2D eigenvalue weighted by atomic mass is 32.2.